The summed E-state index contributed by atoms with van der Waals surface area (Å²) in [5, 5.41) is 0. The molecule has 20 heavy (non-hydrogen) atoms. The van der Waals surface area contributed by atoms with E-state index in [4.69, 9.17) is 4.74 Å². The Kier molecular flexibility index (Phi) is 6.64. The molecule has 0 radical (unpaired) electrons. The zero-order valence-electron chi connectivity index (χ0n) is 12.3. The van der Waals surface area contributed by atoms with Crippen LogP contribution in [0.15, 0.2) is 24.0 Å². The Morgan fingerprint density at radius 2 is 2.05 bits per heavy atom. The molecule has 0 bridgehead atoms. The van der Waals surface area contributed by atoms with E-state index in [1.807, 2.05) is 19.9 Å². The lowest BCUT2D eigenvalue weighted by molar-refractivity contribution is -0.139. The molecule has 4 heteroatoms. The largest absolute Gasteiger partial charge is 0.462 e. The van der Waals surface area contributed by atoms with Gasteiger partial charge in [0, 0.05) is 18.8 Å². The predicted octanol–water partition coefficient (Wildman–Crippen LogP) is 3.10. The SMILES string of the molecule is CCCCC(=O)/C(=C\c1cncc(C)c1)C(=O)OCC. The Labute approximate surface area is 119 Å². The third-order valence-corrected chi connectivity index (χ3v) is 2.76. The van der Waals surface area contributed by atoms with Gasteiger partial charge in [-0.2, -0.15) is 0 Å². The van der Waals surface area contributed by atoms with E-state index in [-0.39, 0.29) is 18.0 Å². The van der Waals surface area contributed by atoms with E-state index in [1.165, 1.54) is 0 Å². The molecule has 0 aliphatic carbocycles. The molecule has 0 spiro atoms. The van der Waals surface area contributed by atoms with Gasteiger partial charge in [0.15, 0.2) is 5.78 Å². The van der Waals surface area contributed by atoms with Gasteiger partial charge in [0.05, 0.1) is 6.61 Å². The standard InChI is InChI=1S/C16H21NO3/c1-4-6-7-15(18)14(16(19)20-5-2)9-13-8-12(3)10-17-11-13/h8-11H,4-7H2,1-3H3/b14-9+. The van der Waals surface area contributed by atoms with Gasteiger partial charge in [0.1, 0.15) is 5.57 Å². The number of carbonyl (C=O) groups excluding carboxylic acids is 2. The molecule has 1 aromatic heterocycles. The van der Waals surface area contributed by atoms with Crippen molar-refractivity contribution in [3.63, 3.8) is 0 Å². The fourth-order valence-corrected chi connectivity index (χ4v) is 1.76. The molecule has 0 aliphatic heterocycles. The first-order chi connectivity index (χ1) is 9.58. The molecule has 0 atom stereocenters. The number of rotatable bonds is 7. The van der Waals surface area contributed by atoms with Crippen molar-refractivity contribution in [3.8, 4) is 0 Å². The minimum absolute atomic E-state index is 0.104. The number of ketones is 1. The first-order valence-electron chi connectivity index (χ1n) is 6.92. The predicted molar refractivity (Wildman–Crippen MR) is 78.1 cm³/mol. The Balaban J connectivity index is 3.03. The summed E-state index contributed by atoms with van der Waals surface area (Å²) in [6.07, 6.45) is 6.95. The summed E-state index contributed by atoms with van der Waals surface area (Å²) in [5.74, 6) is -0.734. The van der Waals surface area contributed by atoms with Crippen LogP contribution in [0, 0.1) is 6.92 Å². The first-order valence-corrected chi connectivity index (χ1v) is 6.92. The lowest BCUT2D eigenvalue weighted by Crippen LogP contribution is -2.15. The van der Waals surface area contributed by atoms with Crippen LogP contribution < -0.4 is 0 Å². The molecule has 1 rings (SSSR count). The van der Waals surface area contributed by atoms with Gasteiger partial charge in [-0.3, -0.25) is 9.78 Å². The van der Waals surface area contributed by atoms with Crippen LogP contribution >= 0.6 is 0 Å². The van der Waals surface area contributed by atoms with Gasteiger partial charge >= 0.3 is 5.97 Å². The fourth-order valence-electron chi connectivity index (χ4n) is 1.76. The highest BCUT2D eigenvalue weighted by molar-refractivity contribution is 6.20. The molecular formula is C16H21NO3. The van der Waals surface area contributed by atoms with Crippen LogP contribution in [-0.4, -0.2) is 23.3 Å². The molecule has 0 unspecified atom stereocenters. The number of Topliss-reactive ketones (excluding diaryl/α,β-unsaturated/α-hetero) is 1. The monoisotopic (exact) mass is 275 g/mol. The molecular weight excluding hydrogens is 254 g/mol. The highest BCUT2D eigenvalue weighted by Crippen LogP contribution is 2.13. The van der Waals surface area contributed by atoms with Gasteiger partial charge < -0.3 is 4.74 Å². The van der Waals surface area contributed by atoms with Crippen molar-refractivity contribution in [1.82, 2.24) is 4.98 Å². The minimum atomic E-state index is -0.560. The summed E-state index contributed by atoms with van der Waals surface area (Å²) < 4.78 is 4.96. The summed E-state index contributed by atoms with van der Waals surface area (Å²) in [5.41, 5.74) is 1.81. The van der Waals surface area contributed by atoms with Gasteiger partial charge in [0.25, 0.3) is 0 Å². The molecule has 0 saturated heterocycles. The van der Waals surface area contributed by atoms with E-state index in [9.17, 15) is 9.59 Å². The Hall–Kier alpha value is -1.97. The van der Waals surface area contributed by atoms with Crippen LogP contribution in [0.5, 0.6) is 0 Å². The summed E-state index contributed by atoms with van der Waals surface area (Å²) in [7, 11) is 0. The molecule has 0 aliphatic rings. The van der Waals surface area contributed by atoms with Crippen molar-refractivity contribution in [3.05, 3.63) is 35.2 Å². The van der Waals surface area contributed by atoms with Crippen LogP contribution in [0.2, 0.25) is 0 Å². The fraction of sp³-hybridized carbons (Fsp3) is 0.438. The molecule has 1 aromatic rings. The van der Waals surface area contributed by atoms with Crippen molar-refractivity contribution >= 4 is 17.8 Å². The van der Waals surface area contributed by atoms with Crippen LogP contribution in [-0.2, 0) is 14.3 Å². The Morgan fingerprint density at radius 3 is 2.65 bits per heavy atom. The number of hydrogen-bond acceptors (Lipinski definition) is 4. The van der Waals surface area contributed by atoms with Crippen molar-refractivity contribution in [1.29, 1.82) is 0 Å². The van der Waals surface area contributed by atoms with E-state index >= 15 is 0 Å². The number of ether oxygens (including phenoxy) is 1. The summed E-state index contributed by atoms with van der Waals surface area (Å²) in [6, 6.07) is 1.87. The van der Waals surface area contributed by atoms with E-state index in [0.29, 0.717) is 6.42 Å². The maximum Gasteiger partial charge on any atom is 0.341 e. The van der Waals surface area contributed by atoms with Gasteiger partial charge in [-0.05, 0) is 43.5 Å². The van der Waals surface area contributed by atoms with E-state index in [0.717, 1.165) is 24.0 Å². The maximum atomic E-state index is 12.1. The summed E-state index contributed by atoms with van der Waals surface area (Å²) in [4.78, 5) is 28.1. The number of aryl methyl sites for hydroxylation is 1. The van der Waals surface area contributed by atoms with Gasteiger partial charge in [-0.25, -0.2) is 4.79 Å². The van der Waals surface area contributed by atoms with Crippen LogP contribution in [0.4, 0.5) is 0 Å². The number of hydrogen-bond donors (Lipinski definition) is 0. The number of aromatic nitrogens is 1. The number of esters is 1. The Morgan fingerprint density at radius 1 is 1.30 bits per heavy atom. The number of pyridine rings is 1. The van der Waals surface area contributed by atoms with Crippen molar-refractivity contribution in [2.75, 3.05) is 6.61 Å². The number of unbranched alkanes of at least 4 members (excludes halogenated alkanes) is 1. The minimum Gasteiger partial charge on any atom is -0.462 e. The quantitative estimate of drug-likeness (QED) is 0.332. The van der Waals surface area contributed by atoms with Crippen molar-refractivity contribution in [2.45, 2.75) is 40.0 Å². The van der Waals surface area contributed by atoms with Crippen LogP contribution in [0.1, 0.15) is 44.2 Å². The average molecular weight is 275 g/mol. The molecule has 0 saturated carbocycles. The molecule has 0 N–H and O–H groups in total. The van der Waals surface area contributed by atoms with Crippen molar-refractivity contribution < 1.29 is 14.3 Å². The Bertz CT molecular complexity index is 506. The van der Waals surface area contributed by atoms with Gasteiger partial charge in [0.2, 0.25) is 0 Å². The lowest BCUT2D eigenvalue weighted by Gasteiger charge is -2.06. The van der Waals surface area contributed by atoms with E-state index in [1.54, 1.807) is 25.4 Å². The molecule has 0 aromatic carbocycles. The molecule has 0 fully saturated rings. The summed E-state index contributed by atoms with van der Waals surface area (Å²) >= 11 is 0. The zero-order valence-corrected chi connectivity index (χ0v) is 12.3. The molecule has 4 nitrogen and oxygen atoms in total. The highest BCUT2D eigenvalue weighted by atomic mass is 16.5. The number of carbonyl (C=O) groups is 2. The average Bonchev–Trinajstić information content (AvgIpc) is 2.42. The highest BCUT2D eigenvalue weighted by Gasteiger charge is 2.18. The van der Waals surface area contributed by atoms with Gasteiger partial charge in [-0.15, -0.1) is 0 Å². The lowest BCUT2D eigenvalue weighted by atomic mass is 10.0. The van der Waals surface area contributed by atoms with Gasteiger partial charge in [-0.1, -0.05) is 13.3 Å². The third kappa shape index (κ3) is 4.96. The molecule has 1 heterocycles. The zero-order chi connectivity index (χ0) is 15.0. The van der Waals surface area contributed by atoms with E-state index in [2.05, 4.69) is 4.98 Å². The first kappa shape index (κ1) is 16.1. The second-order valence-corrected chi connectivity index (χ2v) is 4.60. The smallest absolute Gasteiger partial charge is 0.341 e. The second kappa shape index (κ2) is 8.25. The second-order valence-electron chi connectivity index (χ2n) is 4.60. The summed E-state index contributed by atoms with van der Waals surface area (Å²) in [6.45, 7) is 5.89. The van der Waals surface area contributed by atoms with Crippen molar-refractivity contribution in [2.24, 2.45) is 0 Å². The maximum absolute atomic E-state index is 12.1. The van der Waals surface area contributed by atoms with Crippen LogP contribution in [0.25, 0.3) is 6.08 Å². The molecule has 108 valence electrons. The van der Waals surface area contributed by atoms with Crippen LogP contribution in [0.3, 0.4) is 0 Å². The normalized spacial score (nSPS) is 11.2. The molecule has 0 amide bonds. The number of nitrogens with zero attached hydrogens (tertiary/aromatic N) is 1. The third-order valence-electron chi connectivity index (χ3n) is 2.76. The van der Waals surface area contributed by atoms with E-state index < -0.39 is 5.97 Å². The topological polar surface area (TPSA) is 56.3 Å².